The molecule has 2 aromatic rings. The zero-order valence-corrected chi connectivity index (χ0v) is 12.1. The van der Waals surface area contributed by atoms with Gasteiger partial charge in [0.05, 0.1) is 20.6 Å². The van der Waals surface area contributed by atoms with E-state index in [2.05, 4.69) is 4.98 Å². The van der Waals surface area contributed by atoms with Gasteiger partial charge in [0.1, 0.15) is 5.15 Å². The predicted molar refractivity (Wildman–Crippen MR) is 76.7 cm³/mol. The molecule has 1 heterocycles. The van der Waals surface area contributed by atoms with Gasteiger partial charge >= 0.3 is 5.97 Å². The number of aromatic nitrogens is 1. The first-order valence-corrected chi connectivity index (χ1v) is 6.45. The molecule has 7 heteroatoms. The lowest BCUT2D eigenvalue weighted by Gasteiger charge is -2.10. The van der Waals surface area contributed by atoms with Gasteiger partial charge in [-0.1, -0.05) is 46.4 Å². The molecule has 0 bridgehead atoms. The van der Waals surface area contributed by atoms with Crippen molar-refractivity contribution >= 4 is 52.4 Å². The van der Waals surface area contributed by atoms with Gasteiger partial charge in [-0.05, 0) is 18.2 Å². The van der Waals surface area contributed by atoms with Crippen molar-refractivity contribution < 1.29 is 9.90 Å². The summed E-state index contributed by atoms with van der Waals surface area (Å²) in [6.45, 7) is 0. The summed E-state index contributed by atoms with van der Waals surface area (Å²) >= 11 is 24.0. The first-order valence-electron chi connectivity index (χ1n) is 4.94. The Labute approximate surface area is 128 Å². The first kappa shape index (κ1) is 14.4. The number of rotatable bonds is 2. The van der Waals surface area contributed by atoms with Gasteiger partial charge in [-0.2, -0.15) is 0 Å². The molecule has 19 heavy (non-hydrogen) atoms. The highest BCUT2D eigenvalue weighted by Crippen LogP contribution is 2.41. The number of pyridine rings is 1. The van der Waals surface area contributed by atoms with Gasteiger partial charge in [0.2, 0.25) is 0 Å². The van der Waals surface area contributed by atoms with Crippen molar-refractivity contribution in [3.8, 4) is 11.1 Å². The fourth-order valence-electron chi connectivity index (χ4n) is 1.51. The molecular formula is C12H5Cl4NO2. The van der Waals surface area contributed by atoms with Crippen molar-refractivity contribution in [2.24, 2.45) is 0 Å². The Bertz CT molecular complexity index is 673. The minimum atomic E-state index is -1.13. The third-order valence-electron chi connectivity index (χ3n) is 2.40. The van der Waals surface area contributed by atoms with Gasteiger partial charge in [0.15, 0.2) is 0 Å². The average Bonchev–Trinajstić information content (AvgIpc) is 2.36. The van der Waals surface area contributed by atoms with Crippen molar-refractivity contribution in [2.45, 2.75) is 0 Å². The molecule has 1 N–H and O–H groups in total. The number of aromatic carboxylic acids is 1. The third-order valence-corrected chi connectivity index (χ3v) is 3.82. The van der Waals surface area contributed by atoms with E-state index in [1.807, 2.05) is 0 Å². The number of carboxylic acids is 1. The second-order valence-electron chi connectivity index (χ2n) is 3.59. The molecule has 0 radical (unpaired) electrons. The Morgan fingerprint density at radius 2 is 1.74 bits per heavy atom. The molecule has 0 unspecified atom stereocenters. The molecule has 1 aromatic carbocycles. The molecule has 0 aliphatic heterocycles. The van der Waals surface area contributed by atoms with Crippen LogP contribution >= 0.6 is 46.4 Å². The highest BCUT2D eigenvalue weighted by atomic mass is 35.5. The Morgan fingerprint density at radius 3 is 2.37 bits per heavy atom. The second-order valence-corrected chi connectivity index (χ2v) is 5.14. The molecule has 0 aliphatic carbocycles. The van der Waals surface area contributed by atoms with E-state index >= 15 is 0 Å². The van der Waals surface area contributed by atoms with Crippen LogP contribution in [0.25, 0.3) is 11.1 Å². The zero-order valence-electron chi connectivity index (χ0n) is 9.12. The van der Waals surface area contributed by atoms with E-state index in [9.17, 15) is 4.79 Å². The Hall–Kier alpha value is -1.000. The Balaban J connectivity index is 2.75. The molecular weight excluding hydrogens is 332 g/mol. The minimum absolute atomic E-state index is 0.0218. The number of halogens is 4. The zero-order chi connectivity index (χ0) is 14.2. The fourth-order valence-corrected chi connectivity index (χ4v) is 2.44. The summed E-state index contributed by atoms with van der Waals surface area (Å²) in [5, 5.41) is 9.85. The maximum Gasteiger partial charge on any atom is 0.337 e. The van der Waals surface area contributed by atoms with Crippen LogP contribution in [0.2, 0.25) is 20.2 Å². The van der Waals surface area contributed by atoms with E-state index in [0.717, 1.165) is 6.20 Å². The van der Waals surface area contributed by atoms with E-state index in [1.165, 1.54) is 12.1 Å². The summed E-state index contributed by atoms with van der Waals surface area (Å²) in [5.74, 6) is -1.13. The monoisotopic (exact) mass is 335 g/mol. The summed E-state index contributed by atoms with van der Waals surface area (Å²) in [7, 11) is 0. The second kappa shape index (κ2) is 5.55. The summed E-state index contributed by atoms with van der Waals surface area (Å²) in [6, 6.07) is 4.44. The number of hydrogen-bond donors (Lipinski definition) is 1. The van der Waals surface area contributed by atoms with Gasteiger partial charge in [-0.3, -0.25) is 0 Å². The first-order chi connectivity index (χ1) is 8.91. The normalized spacial score (nSPS) is 10.5. The van der Waals surface area contributed by atoms with Crippen LogP contribution < -0.4 is 0 Å². The topological polar surface area (TPSA) is 50.2 Å². The summed E-state index contributed by atoms with van der Waals surface area (Å²) in [4.78, 5) is 14.8. The molecule has 2 rings (SSSR count). The van der Waals surface area contributed by atoms with Crippen molar-refractivity contribution in [3.05, 3.63) is 50.2 Å². The van der Waals surface area contributed by atoms with Crippen molar-refractivity contribution in [1.29, 1.82) is 0 Å². The third kappa shape index (κ3) is 2.79. The Morgan fingerprint density at radius 1 is 1.11 bits per heavy atom. The maximum atomic E-state index is 11.0. The molecule has 0 fully saturated rings. The number of carboxylic acid groups (broad SMARTS) is 1. The van der Waals surface area contributed by atoms with Crippen LogP contribution in [-0.4, -0.2) is 16.1 Å². The van der Waals surface area contributed by atoms with Crippen LogP contribution in [-0.2, 0) is 0 Å². The van der Waals surface area contributed by atoms with Crippen LogP contribution in [0, 0.1) is 0 Å². The van der Waals surface area contributed by atoms with Crippen LogP contribution in [0.5, 0.6) is 0 Å². The lowest BCUT2D eigenvalue weighted by atomic mass is 10.1. The number of benzene rings is 1. The molecule has 0 aliphatic rings. The number of nitrogens with zero attached hydrogens (tertiary/aromatic N) is 1. The molecule has 0 saturated carbocycles. The van der Waals surface area contributed by atoms with Gasteiger partial charge in [-0.15, -0.1) is 0 Å². The maximum absolute atomic E-state index is 11.0. The van der Waals surface area contributed by atoms with Gasteiger partial charge in [0, 0.05) is 17.3 Å². The van der Waals surface area contributed by atoms with E-state index in [0.29, 0.717) is 16.1 Å². The van der Waals surface area contributed by atoms with Crippen LogP contribution in [0.3, 0.4) is 0 Å². The average molecular weight is 337 g/mol. The predicted octanol–water partition coefficient (Wildman–Crippen LogP) is 5.06. The number of carbonyl (C=O) groups is 1. The summed E-state index contributed by atoms with van der Waals surface area (Å²) in [5.41, 5.74) is 0.655. The minimum Gasteiger partial charge on any atom is -0.478 e. The van der Waals surface area contributed by atoms with Crippen LogP contribution in [0.4, 0.5) is 0 Å². The molecule has 0 amide bonds. The van der Waals surface area contributed by atoms with Crippen molar-refractivity contribution in [1.82, 2.24) is 4.98 Å². The lowest BCUT2D eigenvalue weighted by molar-refractivity contribution is 0.0696. The smallest absolute Gasteiger partial charge is 0.337 e. The standard InChI is InChI=1S/C12H5Cl4NO2/c13-7-1-2-8(14)10(15)9(7)6-3-5(12(18)19)4-17-11(6)16/h1-4H,(H,18,19). The van der Waals surface area contributed by atoms with Gasteiger partial charge < -0.3 is 5.11 Å². The van der Waals surface area contributed by atoms with Crippen molar-refractivity contribution in [3.63, 3.8) is 0 Å². The highest BCUT2D eigenvalue weighted by molar-refractivity contribution is 6.46. The molecule has 98 valence electrons. The fraction of sp³-hybridized carbons (Fsp3) is 0. The quantitative estimate of drug-likeness (QED) is 0.616. The highest BCUT2D eigenvalue weighted by Gasteiger charge is 2.17. The van der Waals surface area contributed by atoms with Gasteiger partial charge in [-0.25, -0.2) is 9.78 Å². The summed E-state index contributed by atoms with van der Waals surface area (Å²) in [6.07, 6.45) is 1.15. The molecule has 3 nitrogen and oxygen atoms in total. The molecule has 0 atom stereocenters. The van der Waals surface area contributed by atoms with E-state index in [-0.39, 0.29) is 20.8 Å². The van der Waals surface area contributed by atoms with E-state index in [4.69, 9.17) is 51.5 Å². The largest absolute Gasteiger partial charge is 0.478 e. The molecule has 1 aromatic heterocycles. The van der Waals surface area contributed by atoms with Crippen LogP contribution in [0.1, 0.15) is 10.4 Å². The van der Waals surface area contributed by atoms with Crippen LogP contribution in [0.15, 0.2) is 24.4 Å². The lowest BCUT2D eigenvalue weighted by Crippen LogP contribution is -1.98. The van der Waals surface area contributed by atoms with E-state index < -0.39 is 5.97 Å². The number of hydrogen-bond acceptors (Lipinski definition) is 2. The SMILES string of the molecule is O=C(O)c1cnc(Cl)c(-c2c(Cl)ccc(Cl)c2Cl)c1. The molecule has 0 saturated heterocycles. The summed E-state index contributed by atoms with van der Waals surface area (Å²) < 4.78 is 0. The van der Waals surface area contributed by atoms with Crippen molar-refractivity contribution in [2.75, 3.05) is 0 Å². The molecule has 0 spiro atoms. The van der Waals surface area contributed by atoms with E-state index in [1.54, 1.807) is 6.07 Å². The Kier molecular flexibility index (Phi) is 4.21. The van der Waals surface area contributed by atoms with Gasteiger partial charge in [0.25, 0.3) is 0 Å².